The normalized spacial score (nSPS) is 14.2. The Hall–Kier alpha value is -1.06. The van der Waals surface area contributed by atoms with E-state index in [2.05, 4.69) is 26.1 Å². The van der Waals surface area contributed by atoms with E-state index in [1.54, 1.807) is 0 Å². The number of carbonyl (C=O) groups is 2. The molecule has 0 bridgehead atoms. The summed E-state index contributed by atoms with van der Waals surface area (Å²) in [6, 6.07) is 0. The number of hydrogen-bond donors (Lipinski definition) is 2. The molecule has 0 aromatic rings. The second kappa shape index (κ2) is 9.82. The summed E-state index contributed by atoms with van der Waals surface area (Å²) in [5.41, 5.74) is 0. The largest absolute Gasteiger partial charge is 0.481 e. The van der Waals surface area contributed by atoms with E-state index in [9.17, 15) is 9.59 Å². The quantitative estimate of drug-likeness (QED) is 0.641. The van der Waals surface area contributed by atoms with Crippen LogP contribution in [-0.4, -0.2) is 23.5 Å². The summed E-state index contributed by atoms with van der Waals surface area (Å²) in [6.45, 7) is 8.88. The van der Waals surface area contributed by atoms with Crippen molar-refractivity contribution in [1.29, 1.82) is 0 Å². The Bertz CT molecular complexity index is 277. The van der Waals surface area contributed by atoms with Crippen molar-refractivity contribution in [1.82, 2.24) is 5.32 Å². The fourth-order valence-electron chi connectivity index (χ4n) is 2.24. The molecule has 1 amide bonds. The molecule has 2 N–H and O–H groups in total. The highest BCUT2D eigenvalue weighted by molar-refractivity contribution is 5.78. The van der Waals surface area contributed by atoms with Gasteiger partial charge in [-0.1, -0.05) is 34.1 Å². The molecule has 0 rings (SSSR count). The van der Waals surface area contributed by atoms with Gasteiger partial charge in [0.05, 0.1) is 0 Å². The molecule has 0 aromatic heterocycles. The van der Waals surface area contributed by atoms with Crippen molar-refractivity contribution in [3.8, 4) is 0 Å². The lowest BCUT2D eigenvalue weighted by Gasteiger charge is -2.20. The average molecular weight is 271 g/mol. The van der Waals surface area contributed by atoms with Crippen LogP contribution in [0.3, 0.4) is 0 Å². The smallest absolute Gasteiger partial charge is 0.303 e. The van der Waals surface area contributed by atoms with Crippen molar-refractivity contribution in [3.63, 3.8) is 0 Å². The third kappa shape index (κ3) is 8.62. The van der Waals surface area contributed by atoms with Crippen LogP contribution in [0, 0.1) is 17.8 Å². The van der Waals surface area contributed by atoms with Gasteiger partial charge < -0.3 is 10.4 Å². The summed E-state index contributed by atoms with van der Waals surface area (Å²) in [5, 5.41) is 11.7. The maximum Gasteiger partial charge on any atom is 0.303 e. The molecule has 0 aliphatic rings. The number of carboxylic acids is 1. The predicted octanol–water partition coefficient (Wildman–Crippen LogP) is 3.07. The first-order chi connectivity index (χ1) is 8.88. The van der Waals surface area contributed by atoms with Gasteiger partial charge in [0, 0.05) is 18.9 Å². The fraction of sp³-hybridized carbons (Fsp3) is 0.867. The van der Waals surface area contributed by atoms with Crippen molar-refractivity contribution >= 4 is 11.9 Å². The van der Waals surface area contributed by atoms with Crippen LogP contribution in [0.15, 0.2) is 0 Å². The second-order valence-corrected chi connectivity index (χ2v) is 5.71. The van der Waals surface area contributed by atoms with E-state index < -0.39 is 5.97 Å². The number of aliphatic carboxylic acids is 1. The van der Waals surface area contributed by atoms with E-state index in [-0.39, 0.29) is 18.2 Å². The average Bonchev–Trinajstić information content (AvgIpc) is 2.32. The number of carboxylic acid groups (broad SMARTS) is 1. The molecule has 0 aromatic carbocycles. The summed E-state index contributed by atoms with van der Waals surface area (Å²) >= 11 is 0. The number of hydrogen-bond acceptors (Lipinski definition) is 2. The van der Waals surface area contributed by atoms with Gasteiger partial charge in [0.25, 0.3) is 0 Å². The Balaban J connectivity index is 3.98. The molecule has 2 unspecified atom stereocenters. The van der Waals surface area contributed by atoms with Crippen molar-refractivity contribution in [2.24, 2.45) is 17.8 Å². The first-order valence-electron chi connectivity index (χ1n) is 7.37. The fourth-order valence-corrected chi connectivity index (χ4v) is 2.24. The molecule has 0 aliphatic carbocycles. The van der Waals surface area contributed by atoms with Crippen LogP contribution in [0.1, 0.15) is 59.8 Å². The Morgan fingerprint density at radius 2 is 1.74 bits per heavy atom. The van der Waals surface area contributed by atoms with Crippen molar-refractivity contribution in [2.75, 3.05) is 6.54 Å². The van der Waals surface area contributed by atoms with Gasteiger partial charge in [-0.3, -0.25) is 9.59 Å². The third-order valence-electron chi connectivity index (χ3n) is 3.66. The molecule has 112 valence electrons. The summed E-state index contributed by atoms with van der Waals surface area (Å²) in [4.78, 5) is 22.3. The van der Waals surface area contributed by atoms with Crippen LogP contribution < -0.4 is 5.32 Å². The summed E-state index contributed by atoms with van der Waals surface area (Å²) < 4.78 is 0. The topological polar surface area (TPSA) is 66.4 Å². The number of nitrogens with one attached hydrogen (secondary N) is 1. The zero-order chi connectivity index (χ0) is 14.8. The zero-order valence-electron chi connectivity index (χ0n) is 12.7. The lowest BCUT2D eigenvalue weighted by molar-refractivity contribution is -0.137. The van der Waals surface area contributed by atoms with Crippen LogP contribution >= 0.6 is 0 Å². The zero-order valence-corrected chi connectivity index (χ0v) is 12.7. The Morgan fingerprint density at radius 3 is 2.21 bits per heavy atom. The first kappa shape index (κ1) is 17.9. The Morgan fingerprint density at radius 1 is 1.11 bits per heavy atom. The molecule has 0 saturated heterocycles. The highest BCUT2D eigenvalue weighted by atomic mass is 16.4. The lowest BCUT2D eigenvalue weighted by atomic mass is 9.88. The van der Waals surface area contributed by atoms with Gasteiger partial charge in [0.1, 0.15) is 0 Å². The van der Waals surface area contributed by atoms with E-state index in [4.69, 9.17) is 5.11 Å². The SMILES string of the molecule is CCCC(C)C(=O)NCCC(CCC(=O)O)C(C)C. The molecule has 2 atom stereocenters. The molecule has 0 aliphatic heterocycles. The Labute approximate surface area is 117 Å². The van der Waals surface area contributed by atoms with Crippen molar-refractivity contribution < 1.29 is 14.7 Å². The Kier molecular flexibility index (Phi) is 9.27. The summed E-state index contributed by atoms with van der Waals surface area (Å²) in [5.74, 6) is 0.248. The van der Waals surface area contributed by atoms with Crippen LogP contribution in [0.25, 0.3) is 0 Å². The molecule has 0 spiro atoms. The van der Waals surface area contributed by atoms with E-state index in [1.165, 1.54) is 0 Å². The highest BCUT2D eigenvalue weighted by Gasteiger charge is 2.16. The summed E-state index contributed by atoms with van der Waals surface area (Å²) in [6.07, 6.45) is 3.69. The molecular formula is C15H29NO3. The van der Waals surface area contributed by atoms with Crippen molar-refractivity contribution in [3.05, 3.63) is 0 Å². The third-order valence-corrected chi connectivity index (χ3v) is 3.66. The van der Waals surface area contributed by atoms with Crippen LogP contribution in [-0.2, 0) is 9.59 Å². The highest BCUT2D eigenvalue weighted by Crippen LogP contribution is 2.20. The molecule has 19 heavy (non-hydrogen) atoms. The standard InChI is InChI=1S/C15H29NO3/c1-5-6-12(4)15(19)16-10-9-13(11(2)3)7-8-14(17)18/h11-13H,5-10H2,1-4H3,(H,16,19)(H,17,18). The number of carbonyl (C=O) groups excluding carboxylic acids is 1. The van der Waals surface area contributed by atoms with Gasteiger partial charge in [-0.25, -0.2) is 0 Å². The lowest BCUT2D eigenvalue weighted by Crippen LogP contribution is -2.31. The minimum Gasteiger partial charge on any atom is -0.481 e. The first-order valence-corrected chi connectivity index (χ1v) is 7.37. The van der Waals surface area contributed by atoms with Gasteiger partial charge in [-0.2, -0.15) is 0 Å². The molecule has 0 radical (unpaired) electrons. The van der Waals surface area contributed by atoms with E-state index in [0.717, 1.165) is 19.3 Å². The van der Waals surface area contributed by atoms with Gasteiger partial charge >= 0.3 is 5.97 Å². The minimum absolute atomic E-state index is 0.0709. The monoisotopic (exact) mass is 271 g/mol. The minimum atomic E-state index is -0.744. The van der Waals surface area contributed by atoms with Gasteiger partial charge in [0.2, 0.25) is 5.91 Å². The number of rotatable bonds is 10. The molecular weight excluding hydrogens is 242 g/mol. The van der Waals surface area contributed by atoms with Crippen LogP contribution in [0.5, 0.6) is 0 Å². The van der Waals surface area contributed by atoms with Gasteiger partial charge in [-0.15, -0.1) is 0 Å². The van der Waals surface area contributed by atoms with E-state index >= 15 is 0 Å². The molecule has 0 heterocycles. The summed E-state index contributed by atoms with van der Waals surface area (Å²) in [7, 11) is 0. The molecule has 4 nitrogen and oxygen atoms in total. The molecule has 4 heteroatoms. The van der Waals surface area contributed by atoms with Crippen LogP contribution in [0.4, 0.5) is 0 Å². The van der Waals surface area contributed by atoms with Gasteiger partial charge in [0.15, 0.2) is 0 Å². The van der Waals surface area contributed by atoms with Gasteiger partial charge in [-0.05, 0) is 31.1 Å². The van der Waals surface area contributed by atoms with E-state index in [1.807, 2.05) is 6.92 Å². The van der Waals surface area contributed by atoms with Crippen LogP contribution in [0.2, 0.25) is 0 Å². The van der Waals surface area contributed by atoms with E-state index in [0.29, 0.717) is 24.8 Å². The second-order valence-electron chi connectivity index (χ2n) is 5.71. The molecule has 0 fully saturated rings. The maximum atomic E-state index is 11.7. The maximum absolute atomic E-state index is 11.7. The molecule has 0 saturated carbocycles. The van der Waals surface area contributed by atoms with Crippen molar-refractivity contribution in [2.45, 2.75) is 59.8 Å². The number of amides is 1. The predicted molar refractivity (Wildman–Crippen MR) is 76.9 cm³/mol.